The first-order valence-electron chi connectivity index (χ1n) is 9.16. The number of para-hydroxylation sites is 2. The average molecular weight is 350 g/mol. The molecule has 0 saturated heterocycles. The Balaban J connectivity index is 1.92. The number of carbonyl (C=O) groups excluding carboxylic acids is 2. The first-order valence-corrected chi connectivity index (χ1v) is 9.16. The summed E-state index contributed by atoms with van der Waals surface area (Å²) in [5.41, 5.74) is 1.76. The summed E-state index contributed by atoms with van der Waals surface area (Å²) in [4.78, 5) is 30.2. The van der Waals surface area contributed by atoms with Crippen LogP contribution >= 0.6 is 0 Å². The first-order chi connectivity index (χ1) is 12.4. The van der Waals surface area contributed by atoms with Crippen molar-refractivity contribution in [2.24, 2.45) is 5.41 Å². The molecule has 0 saturated carbocycles. The Morgan fingerprint density at radius 3 is 2.35 bits per heavy atom. The summed E-state index contributed by atoms with van der Waals surface area (Å²) in [6.07, 6.45) is 0.822. The standard InChI is InChI=1S/C22H26N2O2/c1-5-23(18-12-7-6-8-13-18)20(25)22(3,4)21(26)24-16(2)15-17-11-9-10-14-19(17)24/h6-14,16H,5,15H2,1-4H3. The summed E-state index contributed by atoms with van der Waals surface area (Å²) in [6.45, 7) is 7.95. The second kappa shape index (κ2) is 6.94. The zero-order valence-electron chi connectivity index (χ0n) is 15.9. The Hall–Kier alpha value is -2.62. The van der Waals surface area contributed by atoms with E-state index in [2.05, 4.69) is 6.07 Å². The molecule has 0 N–H and O–H groups in total. The maximum Gasteiger partial charge on any atom is 0.242 e. The minimum Gasteiger partial charge on any atom is -0.312 e. The van der Waals surface area contributed by atoms with Crippen LogP contribution in [0.4, 0.5) is 11.4 Å². The molecule has 3 rings (SSSR count). The summed E-state index contributed by atoms with van der Waals surface area (Å²) < 4.78 is 0. The van der Waals surface area contributed by atoms with Gasteiger partial charge in [0.05, 0.1) is 0 Å². The number of amides is 2. The third-order valence-corrected chi connectivity index (χ3v) is 5.12. The van der Waals surface area contributed by atoms with E-state index in [1.54, 1.807) is 23.6 Å². The summed E-state index contributed by atoms with van der Waals surface area (Å²) in [7, 11) is 0. The predicted molar refractivity (Wildman–Crippen MR) is 105 cm³/mol. The Morgan fingerprint density at radius 2 is 1.69 bits per heavy atom. The first kappa shape index (κ1) is 18.2. The molecule has 1 aliphatic heterocycles. The van der Waals surface area contributed by atoms with Crippen molar-refractivity contribution in [3.8, 4) is 0 Å². The minimum atomic E-state index is -1.14. The van der Waals surface area contributed by atoms with Crippen molar-refractivity contribution in [1.82, 2.24) is 0 Å². The third kappa shape index (κ3) is 3.00. The molecule has 4 heteroatoms. The van der Waals surface area contributed by atoms with Gasteiger partial charge in [0.25, 0.3) is 0 Å². The van der Waals surface area contributed by atoms with Crippen molar-refractivity contribution in [3.05, 3.63) is 60.2 Å². The van der Waals surface area contributed by atoms with Gasteiger partial charge in [-0.25, -0.2) is 0 Å². The summed E-state index contributed by atoms with van der Waals surface area (Å²) >= 11 is 0. The maximum absolute atomic E-state index is 13.4. The topological polar surface area (TPSA) is 40.6 Å². The van der Waals surface area contributed by atoms with Crippen LogP contribution in [0.25, 0.3) is 0 Å². The molecule has 1 heterocycles. The van der Waals surface area contributed by atoms with Crippen LogP contribution in [-0.4, -0.2) is 24.4 Å². The van der Waals surface area contributed by atoms with Gasteiger partial charge in [0.1, 0.15) is 5.41 Å². The molecule has 0 fully saturated rings. The molecule has 26 heavy (non-hydrogen) atoms. The van der Waals surface area contributed by atoms with Crippen molar-refractivity contribution in [2.75, 3.05) is 16.3 Å². The van der Waals surface area contributed by atoms with Crippen LogP contribution in [0.1, 0.15) is 33.3 Å². The lowest BCUT2D eigenvalue weighted by Gasteiger charge is -2.35. The second-order valence-electron chi connectivity index (χ2n) is 7.37. The van der Waals surface area contributed by atoms with Gasteiger partial charge in [-0.3, -0.25) is 9.59 Å². The van der Waals surface area contributed by atoms with Gasteiger partial charge in [0, 0.05) is 24.0 Å². The fraction of sp³-hybridized carbons (Fsp3) is 0.364. The lowest BCUT2D eigenvalue weighted by atomic mass is 9.88. The molecular formula is C22H26N2O2. The van der Waals surface area contributed by atoms with E-state index < -0.39 is 5.41 Å². The molecule has 0 radical (unpaired) electrons. The van der Waals surface area contributed by atoms with Gasteiger partial charge in [-0.15, -0.1) is 0 Å². The zero-order valence-corrected chi connectivity index (χ0v) is 15.9. The summed E-state index contributed by atoms with van der Waals surface area (Å²) in [5.74, 6) is -0.317. The highest BCUT2D eigenvalue weighted by atomic mass is 16.2. The number of rotatable bonds is 4. The molecule has 4 nitrogen and oxygen atoms in total. The molecule has 0 aliphatic carbocycles. The second-order valence-corrected chi connectivity index (χ2v) is 7.37. The fourth-order valence-corrected chi connectivity index (χ4v) is 3.66. The molecule has 1 aliphatic rings. The summed E-state index contributed by atoms with van der Waals surface area (Å²) in [5, 5.41) is 0. The molecule has 2 amide bonds. The lowest BCUT2D eigenvalue weighted by Crippen LogP contribution is -2.52. The van der Waals surface area contributed by atoms with Gasteiger partial charge in [0.2, 0.25) is 11.8 Å². The molecular weight excluding hydrogens is 324 g/mol. The van der Waals surface area contributed by atoms with Gasteiger partial charge in [-0.2, -0.15) is 0 Å². The number of hydrogen-bond donors (Lipinski definition) is 0. The smallest absolute Gasteiger partial charge is 0.242 e. The van der Waals surface area contributed by atoms with Crippen LogP contribution in [0.2, 0.25) is 0 Å². The van der Waals surface area contributed by atoms with Gasteiger partial charge >= 0.3 is 0 Å². The minimum absolute atomic E-state index is 0.0544. The van der Waals surface area contributed by atoms with Crippen molar-refractivity contribution in [3.63, 3.8) is 0 Å². The Kier molecular flexibility index (Phi) is 4.86. The largest absolute Gasteiger partial charge is 0.312 e. The molecule has 0 bridgehead atoms. The molecule has 1 atom stereocenters. The van der Waals surface area contributed by atoms with E-state index >= 15 is 0 Å². The molecule has 136 valence electrons. The van der Waals surface area contributed by atoms with Crippen LogP contribution in [0, 0.1) is 5.41 Å². The SMILES string of the molecule is CCN(C(=O)C(C)(C)C(=O)N1c2ccccc2CC1C)c1ccccc1. The number of anilines is 2. The van der Waals surface area contributed by atoms with Crippen molar-refractivity contribution >= 4 is 23.2 Å². The monoisotopic (exact) mass is 350 g/mol. The Bertz CT molecular complexity index is 814. The third-order valence-electron chi connectivity index (χ3n) is 5.12. The zero-order chi connectivity index (χ0) is 18.9. The molecule has 2 aromatic carbocycles. The number of hydrogen-bond acceptors (Lipinski definition) is 2. The Labute approximate surface area is 155 Å². The highest BCUT2D eigenvalue weighted by Gasteiger charge is 2.45. The van der Waals surface area contributed by atoms with E-state index in [0.717, 1.165) is 23.4 Å². The van der Waals surface area contributed by atoms with Crippen LogP contribution in [0.3, 0.4) is 0 Å². The number of nitrogens with zero attached hydrogens (tertiary/aromatic N) is 2. The normalized spacial score (nSPS) is 16.3. The van der Waals surface area contributed by atoms with Gasteiger partial charge in [0.15, 0.2) is 0 Å². The lowest BCUT2D eigenvalue weighted by molar-refractivity contribution is -0.138. The molecule has 2 aromatic rings. The van der Waals surface area contributed by atoms with E-state index in [0.29, 0.717) is 6.54 Å². The van der Waals surface area contributed by atoms with Crippen LogP contribution in [0.5, 0.6) is 0 Å². The quantitative estimate of drug-likeness (QED) is 0.781. The highest BCUT2D eigenvalue weighted by Crippen LogP contribution is 2.36. The van der Waals surface area contributed by atoms with E-state index in [4.69, 9.17) is 0 Å². The molecule has 0 aromatic heterocycles. The van der Waals surface area contributed by atoms with Crippen molar-refractivity contribution < 1.29 is 9.59 Å². The van der Waals surface area contributed by atoms with Crippen LogP contribution < -0.4 is 9.80 Å². The van der Waals surface area contributed by atoms with Gasteiger partial charge < -0.3 is 9.80 Å². The molecule has 0 spiro atoms. The van der Waals surface area contributed by atoms with E-state index in [9.17, 15) is 9.59 Å². The van der Waals surface area contributed by atoms with E-state index in [1.165, 1.54) is 0 Å². The maximum atomic E-state index is 13.4. The van der Waals surface area contributed by atoms with Crippen LogP contribution in [0.15, 0.2) is 54.6 Å². The predicted octanol–water partition coefficient (Wildman–Crippen LogP) is 4.04. The van der Waals surface area contributed by atoms with Crippen molar-refractivity contribution in [1.29, 1.82) is 0 Å². The number of benzene rings is 2. The van der Waals surface area contributed by atoms with E-state index in [-0.39, 0.29) is 17.9 Å². The van der Waals surface area contributed by atoms with E-state index in [1.807, 2.05) is 62.4 Å². The fourth-order valence-electron chi connectivity index (χ4n) is 3.66. The van der Waals surface area contributed by atoms with Crippen LogP contribution in [-0.2, 0) is 16.0 Å². The number of carbonyl (C=O) groups is 2. The van der Waals surface area contributed by atoms with Crippen molar-refractivity contribution in [2.45, 2.75) is 40.2 Å². The summed E-state index contributed by atoms with van der Waals surface area (Å²) in [6, 6.07) is 17.5. The van der Waals surface area contributed by atoms with Gasteiger partial charge in [-0.05, 0) is 57.9 Å². The van der Waals surface area contributed by atoms with Gasteiger partial charge in [-0.1, -0.05) is 36.4 Å². The average Bonchev–Trinajstić information content (AvgIpc) is 2.98. The molecule has 1 unspecified atom stereocenters. The Morgan fingerprint density at radius 1 is 1.08 bits per heavy atom. The highest BCUT2D eigenvalue weighted by molar-refractivity contribution is 6.16. The number of fused-ring (bicyclic) bond motifs is 1.